The molecule has 4 aliphatic heterocycles. The number of rotatable bonds is 2. The number of likely N-dealkylation sites (tertiary alicyclic amines) is 1. The van der Waals surface area contributed by atoms with Gasteiger partial charge in [-0.3, -0.25) is 4.90 Å². The van der Waals surface area contributed by atoms with E-state index in [4.69, 9.17) is 9.47 Å². The lowest BCUT2D eigenvalue weighted by Gasteiger charge is -2.34. The highest BCUT2D eigenvalue weighted by molar-refractivity contribution is 5.03. The molecular formula is C24H41N3O2. The summed E-state index contributed by atoms with van der Waals surface area (Å²) in [6, 6.07) is 1.25. The van der Waals surface area contributed by atoms with E-state index in [1.807, 2.05) is 0 Å². The van der Waals surface area contributed by atoms with E-state index in [1.165, 1.54) is 90.4 Å². The minimum atomic E-state index is 0.445. The van der Waals surface area contributed by atoms with Gasteiger partial charge in [0.05, 0.1) is 31.5 Å². The van der Waals surface area contributed by atoms with Crippen molar-refractivity contribution in [1.29, 1.82) is 0 Å². The molecule has 0 aromatic rings. The molecular weight excluding hydrogens is 362 g/mol. The molecule has 2 spiro atoms. The Morgan fingerprint density at radius 2 is 1.79 bits per heavy atom. The van der Waals surface area contributed by atoms with Gasteiger partial charge in [-0.1, -0.05) is 0 Å². The van der Waals surface area contributed by atoms with Gasteiger partial charge in [0.15, 0.2) is 0 Å². The Bertz CT molecular complexity index is 583. The van der Waals surface area contributed by atoms with E-state index in [0.717, 1.165) is 25.7 Å². The van der Waals surface area contributed by atoms with Crippen LogP contribution in [0.4, 0.5) is 0 Å². The van der Waals surface area contributed by atoms with Crippen molar-refractivity contribution in [2.45, 2.75) is 88.5 Å². The summed E-state index contributed by atoms with van der Waals surface area (Å²) in [5, 5.41) is 7.51. The normalized spacial score (nSPS) is 47.8. The molecule has 2 N–H and O–H groups in total. The fourth-order valence-corrected chi connectivity index (χ4v) is 7.61. The van der Waals surface area contributed by atoms with Crippen LogP contribution in [0.25, 0.3) is 0 Å². The quantitative estimate of drug-likeness (QED) is 0.742. The van der Waals surface area contributed by atoms with Gasteiger partial charge in [-0.15, -0.1) is 0 Å². The molecule has 29 heavy (non-hydrogen) atoms. The molecule has 2 aliphatic carbocycles. The van der Waals surface area contributed by atoms with Gasteiger partial charge < -0.3 is 20.1 Å². The lowest BCUT2D eigenvalue weighted by Crippen LogP contribution is -2.50. The van der Waals surface area contributed by atoms with E-state index >= 15 is 0 Å². The van der Waals surface area contributed by atoms with Crippen LogP contribution in [0.2, 0.25) is 0 Å². The number of fused-ring (bicyclic) bond motifs is 2. The van der Waals surface area contributed by atoms with Gasteiger partial charge in [0.25, 0.3) is 0 Å². The van der Waals surface area contributed by atoms with E-state index < -0.39 is 0 Å². The van der Waals surface area contributed by atoms with Crippen LogP contribution in [0, 0.1) is 16.7 Å². The number of nitrogens with zero attached hydrogens (tertiary/aromatic N) is 1. The summed E-state index contributed by atoms with van der Waals surface area (Å²) in [4.78, 5) is 2.80. The maximum atomic E-state index is 6.58. The molecule has 5 nitrogen and oxygen atoms in total. The fourth-order valence-electron chi connectivity index (χ4n) is 7.61. The molecule has 4 heterocycles. The smallest absolute Gasteiger partial charge is 0.0746 e. The van der Waals surface area contributed by atoms with Gasteiger partial charge in [0.1, 0.15) is 0 Å². The standard InChI is InChI=1S/C24H41N3O2/c1-4-24(8-12-27(11-1)22-19-2-3-20(22)28-13-10-26-19)15-21(29-17-24)18-14-23(5-6-23)7-9-25-16-18/h18-22,25-26H,1-17H2. The Hall–Kier alpha value is -0.200. The second-order valence-electron chi connectivity index (χ2n) is 11.4. The van der Waals surface area contributed by atoms with Gasteiger partial charge in [0, 0.05) is 19.1 Å². The molecule has 6 rings (SSSR count). The van der Waals surface area contributed by atoms with Crippen molar-refractivity contribution >= 4 is 0 Å². The van der Waals surface area contributed by atoms with E-state index in [1.54, 1.807) is 0 Å². The largest absolute Gasteiger partial charge is 0.377 e. The maximum absolute atomic E-state index is 6.58. The summed E-state index contributed by atoms with van der Waals surface area (Å²) in [5.41, 5.74) is 1.14. The van der Waals surface area contributed by atoms with Gasteiger partial charge >= 0.3 is 0 Å². The van der Waals surface area contributed by atoms with Crippen molar-refractivity contribution in [2.24, 2.45) is 16.7 Å². The van der Waals surface area contributed by atoms with Gasteiger partial charge in [0.2, 0.25) is 0 Å². The predicted octanol–water partition coefficient (Wildman–Crippen LogP) is 2.55. The first-order valence-corrected chi connectivity index (χ1v) is 12.7. The van der Waals surface area contributed by atoms with E-state index in [9.17, 15) is 0 Å². The highest BCUT2D eigenvalue weighted by atomic mass is 16.5. The summed E-state index contributed by atoms with van der Waals surface area (Å²) in [5.74, 6) is 0.744. The summed E-state index contributed by atoms with van der Waals surface area (Å²) < 4.78 is 12.8. The monoisotopic (exact) mass is 403 g/mol. The fraction of sp³-hybridized carbons (Fsp3) is 1.00. The minimum Gasteiger partial charge on any atom is -0.377 e. The molecule has 0 aromatic heterocycles. The summed E-state index contributed by atoms with van der Waals surface area (Å²) >= 11 is 0. The average molecular weight is 404 g/mol. The molecule has 6 fully saturated rings. The van der Waals surface area contributed by atoms with Crippen LogP contribution in [0.5, 0.6) is 0 Å². The molecule has 2 bridgehead atoms. The second kappa shape index (κ2) is 7.74. The van der Waals surface area contributed by atoms with Crippen LogP contribution in [0.3, 0.4) is 0 Å². The van der Waals surface area contributed by atoms with Crippen molar-refractivity contribution in [3.8, 4) is 0 Å². The number of ether oxygens (including phenoxy) is 2. The summed E-state index contributed by atoms with van der Waals surface area (Å²) in [6.45, 7) is 7.84. The van der Waals surface area contributed by atoms with E-state index in [-0.39, 0.29) is 0 Å². The van der Waals surface area contributed by atoms with E-state index in [2.05, 4.69) is 15.5 Å². The van der Waals surface area contributed by atoms with Gasteiger partial charge in [-0.2, -0.15) is 0 Å². The molecule has 0 radical (unpaired) electrons. The lowest BCUT2D eigenvalue weighted by atomic mass is 9.75. The molecule has 5 heteroatoms. The third-order valence-corrected chi connectivity index (χ3v) is 9.55. The number of nitrogens with one attached hydrogen (secondary N) is 2. The summed E-state index contributed by atoms with van der Waals surface area (Å²) in [7, 11) is 0. The topological polar surface area (TPSA) is 45.8 Å². The zero-order valence-corrected chi connectivity index (χ0v) is 18.2. The predicted molar refractivity (Wildman–Crippen MR) is 114 cm³/mol. The molecule has 6 atom stereocenters. The van der Waals surface area contributed by atoms with Crippen LogP contribution in [0.1, 0.15) is 64.2 Å². The summed E-state index contributed by atoms with van der Waals surface area (Å²) in [6.07, 6.45) is 14.6. The van der Waals surface area contributed by atoms with Crippen molar-refractivity contribution < 1.29 is 9.47 Å². The third-order valence-electron chi connectivity index (χ3n) is 9.55. The molecule has 2 saturated carbocycles. The van der Waals surface area contributed by atoms with Crippen molar-refractivity contribution in [3.63, 3.8) is 0 Å². The van der Waals surface area contributed by atoms with Crippen molar-refractivity contribution in [2.75, 3.05) is 45.9 Å². The zero-order chi connectivity index (χ0) is 19.3. The SMILES string of the molecule is C1CN(C2C3CCC2OCCN3)CCC2(C1)COC(C1CNCCC3(CC3)C1)C2. The van der Waals surface area contributed by atoms with Crippen molar-refractivity contribution in [3.05, 3.63) is 0 Å². The Labute approximate surface area is 176 Å². The molecule has 0 aromatic carbocycles. The molecule has 6 unspecified atom stereocenters. The van der Waals surface area contributed by atoms with Crippen LogP contribution >= 0.6 is 0 Å². The van der Waals surface area contributed by atoms with Gasteiger partial charge in [-0.25, -0.2) is 0 Å². The Morgan fingerprint density at radius 3 is 2.72 bits per heavy atom. The third kappa shape index (κ3) is 3.80. The molecule has 164 valence electrons. The molecule has 4 saturated heterocycles. The number of hydrogen-bond acceptors (Lipinski definition) is 5. The first-order chi connectivity index (χ1) is 14.2. The first-order valence-electron chi connectivity index (χ1n) is 12.7. The van der Waals surface area contributed by atoms with Crippen LogP contribution in [-0.4, -0.2) is 75.1 Å². The van der Waals surface area contributed by atoms with Gasteiger partial charge in [-0.05, 0) is 101 Å². The second-order valence-corrected chi connectivity index (χ2v) is 11.4. The van der Waals surface area contributed by atoms with Crippen LogP contribution < -0.4 is 10.6 Å². The van der Waals surface area contributed by atoms with Crippen molar-refractivity contribution in [1.82, 2.24) is 15.5 Å². The zero-order valence-electron chi connectivity index (χ0n) is 18.2. The molecule has 0 amide bonds. The highest BCUT2D eigenvalue weighted by Gasteiger charge is 2.50. The Morgan fingerprint density at radius 1 is 0.828 bits per heavy atom. The first kappa shape index (κ1) is 19.5. The number of hydrogen-bond donors (Lipinski definition) is 2. The Kier molecular flexibility index (Phi) is 5.20. The molecule has 6 aliphatic rings. The highest BCUT2D eigenvalue weighted by Crippen LogP contribution is 2.56. The lowest BCUT2D eigenvalue weighted by molar-refractivity contribution is 0.0129. The van der Waals surface area contributed by atoms with Crippen LogP contribution in [-0.2, 0) is 9.47 Å². The maximum Gasteiger partial charge on any atom is 0.0746 e. The minimum absolute atomic E-state index is 0.445. The average Bonchev–Trinajstić information content (AvgIpc) is 3.37. The van der Waals surface area contributed by atoms with E-state index in [0.29, 0.717) is 35.1 Å². The Balaban J connectivity index is 1.10. The van der Waals surface area contributed by atoms with Crippen LogP contribution in [0.15, 0.2) is 0 Å².